The van der Waals surface area contributed by atoms with Gasteiger partial charge in [-0.25, -0.2) is 8.42 Å². The first kappa shape index (κ1) is 15.2. The minimum Gasteiger partial charge on any atom is -0.481 e. The lowest BCUT2D eigenvalue weighted by Crippen LogP contribution is -2.20. The summed E-state index contributed by atoms with van der Waals surface area (Å²) in [5.41, 5.74) is 1.07. The highest BCUT2D eigenvalue weighted by Gasteiger charge is 2.14. The molecule has 0 radical (unpaired) electrons. The maximum Gasteiger partial charge on any atom is 0.303 e. The fraction of sp³-hybridized carbons (Fsp3) is 0.455. The standard InChI is InChI=1S/C11H17N3O4S/c1-14(2)10-5-6-12-8-9(10)13-19(17,18)7-3-4-11(15)16/h5-6,8,13H,3-4,7H2,1-2H3,(H,15,16). The average Bonchev–Trinajstić information content (AvgIpc) is 2.27. The Morgan fingerprint density at radius 1 is 1.47 bits per heavy atom. The van der Waals surface area contributed by atoms with E-state index in [-0.39, 0.29) is 18.6 Å². The number of pyridine rings is 1. The first-order valence-electron chi connectivity index (χ1n) is 5.65. The molecular weight excluding hydrogens is 270 g/mol. The molecule has 106 valence electrons. The average molecular weight is 287 g/mol. The lowest BCUT2D eigenvalue weighted by molar-refractivity contribution is -0.137. The van der Waals surface area contributed by atoms with Crippen molar-refractivity contribution in [3.05, 3.63) is 18.5 Å². The van der Waals surface area contributed by atoms with Crippen LogP contribution in [-0.2, 0) is 14.8 Å². The van der Waals surface area contributed by atoms with Gasteiger partial charge < -0.3 is 10.0 Å². The predicted octanol–water partition coefficient (Wildman–Crippen LogP) is 0.754. The molecule has 19 heavy (non-hydrogen) atoms. The van der Waals surface area contributed by atoms with Crippen LogP contribution < -0.4 is 9.62 Å². The van der Waals surface area contributed by atoms with Crippen LogP contribution in [0.25, 0.3) is 0 Å². The predicted molar refractivity (Wildman–Crippen MR) is 72.8 cm³/mol. The van der Waals surface area contributed by atoms with E-state index < -0.39 is 16.0 Å². The van der Waals surface area contributed by atoms with Gasteiger partial charge in [0.05, 0.1) is 23.3 Å². The van der Waals surface area contributed by atoms with E-state index in [1.165, 1.54) is 6.20 Å². The van der Waals surface area contributed by atoms with Gasteiger partial charge in [-0.1, -0.05) is 0 Å². The van der Waals surface area contributed by atoms with Crippen LogP contribution in [0.4, 0.5) is 11.4 Å². The molecule has 8 heteroatoms. The van der Waals surface area contributed by atoms with Crippen molar-refractivity contribution in [3.63, 3.8) is 0 Å². The van der Waals surface area contributed by atoms with Gasteiger partial charge in [-0.2, -0.15) is 0 Å². The maximum absolute atomic E-state index is 11.8. The van der Waals surface area contributed by atoms with Crippen LogP contribution in [0.1, 0.15) is 12.8 Å². The van der Waals surface area contributed by atoms with Crippen molar-refractivity contribution in [2.24, 2.45) is 0 Å². The summed E-state index contributed by atoms with van der Waals surface area (Å²) in [6.07, 6.45) is 2.89. The largest absolute Gasteiger partial charge is 0.481 e. The van der Waals surface area contributed by atoms with Crippen molar-refractivity contribution in [3.8, 4) is 0 Å². The Kier molecular flexibility index (Phi) is 5.11. The van der Waals surface area contributed by atoms with Crippen molar-refractivity contribution >= 4 is 27.4 Å². The quantitative estimate of drug-likeness (QED) is 0.768. The third-order valence-corrected chi connectivity index (χ3v) is 3.71. The molecular formula is C11H17N3O4S. The van der Waals surface area contributed by atoms with Crippen LogP contribution in [0, 0.1) is 0 Å². The zero-order chi connectivity index (χ0) is 14.5. The number of hydrogen-bond donors (Lipinski definition) is 2. The molecule has 0 saturated heterocycles. The molecule has 0 aliphatic carbocycles. The van der Waals surface area contributed by atoms with Crippen LogP contribution in [-0.4, -0.2) is 44.3 Å². The molecule has 1 rings (SSSR count). The summed E-state index contributed by atoms with van der Waals surface area (Å²) in [6.45, 7) is 0. The monoisotopic (exact) mass is 287 g/mol. The molecule has 2 N–H and O–H groups in total. The number of anilines is 2. The minimum atomic E-state index is -3.57. The second kappa shape index (κ2) is 6.37. The van der Waals surface area contributed by atoms with Crippen molar-refractivity contribution in [2.75, 3.05) is 29.5 Å². The molecule has 0 aromatic carbocycles. The number of nitrogens with one attached hydrogen (secondary N) is 1. The van der Waals surface area contributed by atoms with Crippen molar-refractivity contribution in [1.29, 1.82) is 0 Å². The van der Waals surface area contributed by atoms with Gasteiger partial charge in [-0.3, -0.25) is 14.5 Å². The van der Waals surface area contributed by atoms with Crippen molar-refractivity contribution in [1.82, 2.24) is 4.98 Å². The van der Waals surface area contributed by atoms with Crippen LogP contribution in [0.2, 0.25) is 0 Å². The zero-order valence-corrected chi connectivity index (χ0v) is 11.6. The smallest absolute Gasteiger partial charge is 0.303 e. The zero-order valence-electron chi connectivity index (χ0n) is 10.8. The maximum atomic E-state index is 11.8. The number of hydrogen-bond acceptors (Lipinski definition) is 5. The van der Waals surface area contributed by atoms with Gasteiger partial charge in [-0.15, -0.1) is 0 Å². The molecule has 1 aromatic heterocycles. The van der Waals surface area contributed by atoms with Crippen LogP contribution in [0.3, 0.4) is 0 Å². The van der Waals surface area contributed by atoms with Crippen LogP contribution >= 0.6 is 0 Å². The molecule has 0 bridgehead atoms. The number of aromatic nitrogens is 1. The second-order valence-corrected chi connectivity index (χ2v) is 6.05. The van der Waals surface area contributed by atoms with E-state index in [1.54, 1.807) is 31.3 Å². The molecule has 1 aromatic rings. The summed E-state index contributed by atoms with van der Waals surface area (Å²) in [5.74, 6) is -1.24. The SMILES string of the molecule is CN(C)c1ccncc1NS(=O)(=O)CCCC(=O)O. The number of carbonyl (C=O) groups is 1. The number of nitrogens with zero attached hydrogens (tertiary/aromatic N) is 2. The van der Waals surface area contributed by atoms with E-state index in [1.807, 2.05) is 0 Å². The van der Waals surface area contributed by atoms with Crippen molar-refractivity contribution in [2.45, 2.75) is 12.8 Å². The van der Waals surface area contributed by atoms with Gasteiger partial charge in [0.1, 0.15) is 0 Å². The first-order valence-corrected chi connectivity index (χ1v) is 7.30. The Labute approximate surface area is 112 Å². The van der Waals surface area contributed by atoms with Gasteiger partial charge in [-0.05, 0) is 12.5 Å². The Balaban J connectivity index is 2.75. The summed E-state index contributed by atoms with van der Waals surface area (Å²) in [6, 6.07) is 1.69. The molecule has 0 aliphatic heterocycles. The van der Waals surface area contributed by atoms with Crippen LogP contribution in [0.15, 0.2) is 18.5 Å². The fourth-order valence-corrected chi connectivity index (χ4v) is 2.61. The topological polar surface area (TPSA) is 99.6 Å². The van der Waals surface area contributed by atoms with E-state index in [0.29, 0.717) is 11.4 Å². The fourth-order valence-electron chi connectivity index (χ4n) is 1.49. The Morgan fingerprint density at radius 2 is 2.16 bits per heavy atom. The highest BCUT2D eigenvalue weighted by Crippen LogP contribution is 2.23. The summed E-state index contributed by atoms with van der Waals surface area (Å²) in [4.78, 5) is 16.0. The van der Waals surface area contributed by atoms with Gasteiger partial charge >= 0.3 is 5.97 Å². The molecule has 0 spiro atoms. The van der Waals surface area contributed by atoms with Gasteiger partial charge in [0.25, 0.3) is 0 Å². The normalized spacial score (nSPS) is 11.1. The van der Waals surface area contributed by atoms with E-state index in [9.17, 15) is 13.2 Å². The number of rotatable bonds is 7. The molecule has 7 nitrogen and oxygen atoms in total. The molecule has 0 saturated carbocycles. The number of aliphatic carboxylic acids is 1. The van der Waals surface area contributed by atoms with Crippen LogP contribution in [0.5, 0.6) is 0 Å². The molecule has 0 atom stereocenters. The summed E-state index contributed by atoms with van der Waals surface area (Å²) >= 11 is 0. The molecule has 0 unspecified atom stereocenters. The van der Waals surface area contributed by atoms with E-state index in [4.69, 9.17) is 5.11 Å². The number of carboxylic acids is 1. The van der Waals surface area contributed by atoms with E-state index in [2.05, 4.69) is 9.71 Å². The Hall–Kier alpha value is -1.83. The molecule has 0 fully saturated rings. The third-order valence-electron chi connectivity index (χ3n) is 2.35. The second-order valence-electron chi connectivity index (χ2n) is 4.21. The number of carboxylic acid groups (broad SMARTS) is 1. The molecule has 0 amide bonds. The summed E-state index contributed by atoms with van der Waals surface area (Å²) in [7, 11) is 0.0122. The molecule has 1 heterocycles. The molecule has 0 aliphatic rings. The minimum absolute atomic E-state index is 0.0717. The number of sulfonamides is 1. The third kappa shape index (κ3) is 5.12. The lowest BCUT2D eigenvalue weighted by Gasteiger charge is -2.17. The van der Waals surface area contributed by atoms with Gasteiger partial charge in [0, 0.05) is 26.7 Å². The highest BCUT2D eigenvalue weighted by atomic mass is 32.2. The summed E-state index contributed by atoms with van der Waals surface area (Å²) < 4.78 is 26.0. The Bertz CT molecular complexity index is 543. The summed E-state index contributed by atoms with van der Waals surface area (Å²) in [5, 5.41) is 8.49. The lowest BCUT2D eigenvalue weighted by atomic mass is 10.3. The highest BCUT2D eigenvalue weighted by molar-refractivity contribution is 7.92. The van der Waals surface area contributed by atoms with E-state index >= 15 is 0 Å². The van der Waals surface area contributed by atoms with Gasteiger partial charge in [0.15, 0.2) is 0 Å². The van der Waals surface area contributed by atoms with E-state index in [0.717, 1.165) is 0 Å². The van der Waals surface area contributed by atoms with Crippen molar-refractivity contribution < 1.29 is 18.3 Å². The Morgan fingerprint density at radius 3 is 2.74 bits per heavy atom. The first-order chi connectivity index (χ1) is 8.82. The van der Waals surface area contributed by atoms with Gasteiger partial charge in [0.2, 0.25) is 10.0 Å².